The molecule has 1 aromatic heterocycles. The number of hydrogen-bond donors (Lipinski definition) is 2. The highest BCUT2D eigenvalue weighted by Crippen LogP contribution is 2.22. The fourth-order valence-corrected chi connectivity index (χ4v) is 4.70. The molecule has 0 radical (unpaired) electrons. The second-order valence-corrected chi connectivity index (χ2v) is 9.88. The summed E-state index contributed by atoms with van der Waals surface area (Å²) in [6.07, 6.45) is 3.67. The number of rotatable bonds is 6. The highest BCUT2D eigenvalue weighted by atomic mass is 35.5. The number of carbonyl (C=O) groups excluding carboxylic acids is 2. The van der Waals surface area contributed by atoms with Crippen molar-refractivity contribution in [2.45, 2.75) is 37.6 Å². The molecule has 2 amide bonds. The molecule has 2 heterocycles. The summed E-state index contributed by atoms with van der Waals surface area (Å²) in [5.41, 5.74) is 0.0210. The molecule has 1 aromatic carbocycles. The summed E-state index contributed by atoms with van der Waals surface area (Å²) < 4.78 is 27.0. The van der Waals surface area contributed by atoms with Gasteiger partial charge in [0.25, 0.3) is 5.91 Å². The van der Waals surface area contributed by atoms with Crippen LogP contribution in [0.4, 0.5) is 5.82 Å². The van der Waals surface area contributed by atoms with Crippen LogP contribution < -0.4 is 10.6 Å². The summed E-state index contributed by atoms with van der Waals surface area (Å²) in [6.45, 7) is 4.01. The first-order valence-corrected chi connectivity index (χ1v) is 11.7. The topological polar surface area (TPSA) is 121 Å². The minimum absolute atomic E-state index is 0.0210. The lowest BCUT2D eigenvalue weighted by atomic mass is 10.1. The van der Waals surface area contributed by atoms with Gasteiger partial charge < -0.3 is 10.6 Å². The largest absolute Gasteiger partial charge is 0.348 e. The van der Waals surface area contributed by atoms with E-state index in [9.17, 15) is 18.0 Å². The van der Waals surface area contributed by atoms with Crippen LogP contribution in [0.2, 0.25) is 5.02 Å². The Morgan fingerprint density at radius 3 is 2.32 bits per heavy atom. The molecule has 166 valence electrons. The van der Waals surface area contributed by atoms with Gasteiger partial charge in [0, 0.05) is 42.5 Å². The first-order chi connectivity index (χ1) is 14.7. The Morgan fingerprint density at radius 2 is 1.71 bits per heavy atom. The minimum Gasteiger partial charge on any atom is -0.348 e. The molecular weight excluding hydrogens is 442 g/mol. The zero-order chi connectivity index (χ0) is 22.6. The maximum atomic E-state index is 12.8. The average molecular weight is 466 g/mol. The Balaban J connectivity index is 1.62. The fraction of sp³-hybridized carbons (Fsp3) is 0.400. The van der Waals surface area contributed by atoms with E-state index in [-0.39, 0.29) is 47.4 Å². The number of benzene rings is 1. The van der Waals surface area contributed by atoms with Gasteiger partial charge in [0.05, 0.1) is 4.90 Å². The lowest BCUT2D eigenvalue weighted by molar-refractivity contribution is -0.118. The monoisotopic (exact) mass is 465 g/mol. The van der Waals surface area contributed by atoms with Crippen molar-refractivity contribution >= 4 is 39.3 Å². The van der Waals surface area contributed by atoms with Crippen molar-refractivity contribution in [3.05, 3.63) is 47.4 Å². The lowest BCUT2D eigenvalue weighted by Crippen LogP contribution is -2.46. The van der Waals surface area contributed by atoms with E-state index in [4.69, 9.17) is 11.6 Å². The lowest BCUT2D eigenvalue weighted by Gasteiger charge is -2.31. The third-order valence-corrected chi connectivity index (χ3v) is 7.08. The van der Waals surface area contributed by atoms with Gasteiger partial charge in [0.2, 0.25) is 15.9 Å². The zero-order valence-electron chi connectivity index (χ0n) is 17.2. The van der Waals surface area contributed by atoms with Gasteiger partial charge in [-0.3, -0.25) is 9.59 Å². The van der Waals surface area contributed by atoms with Crippen LogP contribution in [-0.2, 0) is 14.8 Å². The maximum Gasteiger partial charge on any atom is 0.273 e. The molecule has 0 saturated carbocycles. The van der Waals surface area contributed by atoms with Crippen LogP contribution in [0.25, 0.3) is 0 Å². The van der Waals surface area contributed by atoms with Crippen molar-refractivity contribution in [2.24, 2.45) is 5.92 Å². The number of hydrogen-bond acceptors (Lipinski definition) is 6. The first-order valence-electron chi connectivity index (χ1n) is 9.87. The van der Waals surface area contributed by atoms with Crippen molar-refractivity contribution in [1.29, 1.82) is 0 Å². The van der Waals surface area contributed by atoms with E-state index in [0.717, 1.165) is 0 Å². The number of nitrogens with zero attached hydrogens (tertiary/aromatic N) is 3. The molecule has 31 heavy (non-hydrogen) atoms. The molecule has 1 fully saturated rings. The number of nitrogens with one attached hydrogen (secondary N) is 2. The molecule has 0 spiro atoms. The van der Waals surface area contributed by atoms with Gasteiger partial charge in [-0.05, 0) is 37.1 Å². The SMILES string of the molecule is CC(C)C(=O)Nc1nccnc1C(=O)NC1CCN(S(=O)(=O)c2ccc(Cl)cc2)CC1. The Labute approximate surface area is 186 Å². The van der Waals surface area contributed by atoms with Crippen LogP contribution in [0.15, 0.2) is 41.6 Å². The molecule has 9 nitrogen and oxygen atoms in total. The molecule has 11 heteroatoms. The van der Waals surface area contributed by atoms with E-state index in [2.05, 4.69) is 20.6 Å². The highest BCUT2D eigenvalue weighted by Gasteiger charge is 2.30. The van der Waals surface area contributed by atoms with E-state index in [1.54, 1.807) is 13.8 Å². The van der Waals surface area contributed by atoms with Crippen molar-refractivity contribution in [2.75, 3.05) is 18.4 Å². The van der Waals surface area contributed by atoms with Gasteiger partial charge in [-0.15, -0.1) is 0 Å². The van der Waals surface area contributed by atoms with Crippen molar-refractivity contribution < 1.29 is 18.0 Å². The van der Waals surface area contributed by atoms with E-state index in [1.165, 1.54) is 41.0 Å². The molecule has 1 aliphatic rings. The predicted molar refractivity (Wildman–Crippen MR) is 116 cm³/mol. The molecule has 0 unspecified atom stereocenters. The van der Waals surface area contributed by atoms with E-state index < -0.39 is 15.9 Å². The van der Waals surface area contributed by atoms with Crippen LogP contribution >= 0.6 is 11.6 Å². The second kappa shape index (κ2) is 9.71. The van der Waals surface area contributed by atoms with Gasteiger partial charge in [-0.1, -0.05) is 25.4 Å². The predicted octanol–water partition coefficient (Wildman–Crippen LogP) is 2.31. The molecule has 2 N–H and O–H groups in total. The van der Waals surface area contributed by atoms with Crippen LogP contribution in [0.5, 0.6) is 0 Å². The van der Waals surface area contributed by atoms with Gasteiger partial charge >= 0.3 is 0 Å². The van der Waals surface area contributed by atoms with Crippen LogP contribution in [0.1, 0.15) is 37.2 Å². The maximum absolute atomic E-state index is 12.8. The molecule has 0 aliphatic carbocycles. The van der Waals surface area contributed by atoms with Gasteiger partial charge in [0.1, 0.15) is 0 Å². The number of anilines is 1. The normalized spacial score (nSPS) is 15.6. The quantitative estimate of drug-likeness (QED) is 0.675. The summed E-state index contributed by atoms with van der Waals surface area (Å²) in [6, 6.07) is 5.81. The van der Waals surface area contributed by atoms with E-state index in [0.29, 0.717) is 17.9 Å². The number of carbonyl (C=O) groups is 2. The smallest absolute Gasteiger partial charge is 0.273 e. The van der Waals surface area contributed by atoms with Crippen molar-refractivity contribution in [3.63, 3.8) is 0 Å². The number of piperidine rings is 1. The average Bonchev–Trinajstić information content (AvgIpc) is 2.74. The standard InChI is InChI=1S/C20H24ClN5O4S/c1-13(2)19(27)25-18-17(22-9-10-23-18)20(28)24-15-7-11-26(12-8-15)31(29,30)16-5-3-14(21)4-6-16/h3-6,9-10,13,15H,7-8,11-12H2,1-2H3,(H,24,28)(H,23,25,27). The van der Waals surface area contributed by atoms with Gasteiger partial charge in [-0.2, -0.15) is 4.31 Å². The summed E-state index contributed by atoms with van der Waals surface area (Å²) in [5, 5.41) is 5.94. The summed E-state index contributed by atoms with van der Waals surface area (Å²) in [4.78, 5) is 33.0. The second-order valence-electron chi connectivity index (χ2n) is 7.50. The van der Waals surface area contributed by atoms with Crippen molar-refractivity contribution in [3.8, 4) is 0 Å². The molecular formula is C20H24ClN5O4S. The van der Waals surface area contributed by atoms with Crippen LogP contribution in [0.3, 0.4) is 0 Å². The number of amides is 2. The molecule has 1 saturated heterocycles. The fourth-order valence-electron chi connectivity index (χ4n) is 3.11. The van der Waals surface area contributed by atoms with Gasteiger partial charge in [0.15, 0.2) is 11.5 Å². The first kappa shape index (κ1) is 23.1. The summed E-state index contributed by atoms with van der Waals surface area (Å²) >= 11 is 5.84. The Morgan fingerprint density at radius 1 is 1.10 bits per heavy atom. The summed E-state index contributed by atoms with van der Waals surface area (Å²) in [7, 11) is -3.62. The van der Waals surface area contributed by atoms with Gasteiger partial charge in [-0.25, -0.2) is 18.4 Å². The van der Waals surface area contributed by atoms with Crippen LogP contribution in [-0.4, -0.2) is 53.6 Å². The van der Waals surface area contributed by atoms with Crippen molar-refractivity contribution in [1.82, 2.24) is 19.6 Å². The van der Waals surface area contributed by atoms with E-state index in [1.807, 2.05) is 0 Å². The highest BCUT2D eigenvalue weighted by molar-refractivity contribution is 7.89. The number of aromatic nitrogens is 2. The third-order valence-electron chi connectivity index (χ3n) is 4.92. The Bertz CT molecular complexity index is 1050. The molecule has 2 aromatic rings. The molecule has 3 rings (SSSR count). The number of halogens is 1. The molecule has 0 bridgehead atoms. The Hall–Kier alpha value is -2.56. The molecule has 1 aliphatic heterocycles. The minimum atomic E-state index is -3.62. The Kier molecular flexibility index (Phi) is 7.24. The number of sulfonamides is 1. The zero-order valence-corrected chi connectivity index (χ0v) is 18.8. The van der Waals surface area contributed by atoms with Crippen LogP contribution in [0, 0.1) is 5.92 Å². The van der Waals surface area contributed by atoms with E-state index >= 15 is 0 Å². The third kappa shape index (κ3) is 5.57. The molecule has 0 atom stereocenters. The summed E-state index contributed by atoms with van der Waals surface area (Å²) in [5.74, 6) is -0.910.